The van der Waals surface area contributed by atoms with Crippen molar-refractivity contribution in [3.8, 4) is 5.75 Å². The number of benzene rings is 1. The van der Waals surface area contributed by atoms with Gasteiger partial charge in [0.25, 0.3) is 0 Å². The van der Waals surface area contributed by atoms with Gasteiger partial charge in [0.15, 0.2) is 5.41 Å². The molecule has 0 spiro atoms. The maximum atomic E-state index is 9.31. The molecule has 0 bridgehead atoms. The Morgan fingerprint density at radius 1 is 1.36 bits per heavy atom. The first-order chi connectivity index (χ1) is 5.08. The summed E-state index contributed by atoms with van der Waals surface area (Å²) in [6, 6.07) is 9.32. The quantitative estimate of drug-likeness (QED) is 0.501. The van der Waals surface area contributed by atoms with Gasteiger partial charge in [0, 0.05) is 0 Å². The van der Waals surface area contributed by atoms with Crippen LogP contribution in [0.2, 0.25) is 0 Å². The van der Waals surface area contributed by atoms with E-state index in [9.17, 15) is 5.11 Å². The number of rotatable bonds is 2. The lowest BCUT2D eigenvalue weighted by atomic mass is 10.3. The van der Waals surface area contributed by atoms with Gasteiger partial charge in [0.05, 0.1) is 10.2 Å². The minimum absolute atomic E-state index is 0.596. The largest absolute Gasteiger partial charge is 0.468 e. The summed E-state index contributed by atoms with van der Waals surface area (Å²) in [4.78, 5) is 0. The molecular formula is C8H12O2Si. The Bertz CT molecular complexity index is 215. The van der Waals surface area contributed by atoms with E-state index in [2.05, 4.69) is 0 Å². The molecule has 3 heteroatoms. The van der Waals surface area contributed by atoms with Crippen molar-refractivity contribution < 1.29 is 9.84 Å². The lowest BCUT2D eigenvalue weighted by molar-refractivity contribution is -0.0448. The zero-order chi connectivity index (χ0) is 8.32. The molecule has 11 heavy (non-hydrogen) atoms. The smallest absolute Gasteiger partial charge is 0.174 e. The van der Waals surface area contributed by atoms with Crippen molar-refractivity contribution in [3.63, 3.8) is 0 Å². The molecule has 0 aliphatic carbocycles. The minimum atomic E-state index is -0.957. The van der Waals surface area contributed by atoms with Gasteiger partial charge in [-0.25, -0.2) is 0 Å². The van der Waals surface area contributed by atoms with Crippen LogP contribution in [0.3, 0.4) is 0 Å². The molecule has 1 aromatic carbocycles. The second-order valence-corrected chi connectivity index (χ2v) is 4.72. The molecule has 1 aromatic rings. The number of hydrogen-bond donors (Lipinski definition) is 1. The molecule has 0 saturated heterocycles. The van der Waals surface area contributed by atoms with Crippen molar-refractivity contribution in [2.75, 3.05) is 0 Å². The SMILES string of the molecule is CC(O)([SiH3])Oc1ccccc1. The van der Waals surface area contributed by atoms with E-state index in [-0.39, 0.29) is 0 Å². The maximum absolute atomic E-state index is 9.31. The Hall–Kier alpha value is -0.803. The highest BCUT2D eigenvalue weighted by atomic mass is 28.1. The topological polar surface area (TPSA) is 29.5 Å². The molecule has 1 N–H and O–H groups in total. The van der Waals surface area contributed by atoms with E-state index in [0.717, 1.165) is 0 Å². The van der Waals surface area contributed by atoms with Crippen LogP contribution in [0, 0.1) is 0 Å². The van der Waals surface area contributed by atoms with Gasteiger partial charge in [-0.05, 0) is 19.1 Å². The molecular weight excluding hydrogens is 156 g/mol. The summed E-state index contributed by atoms with van der Waals surface area (Å²) >= 11 is 0. The Morgan fingerprint density at radius 2 is 1.91 bits per heavy atom. The van der Waals surface area contributed by atoms with Crippen LogP contribution >= 0.6 is 0 Å². The molecule has 60 valence electrons. The van der Waals surface area contributed by atoms with Crippen LogP contribution in [0.25, 0.3) is 0 Å². The molecule has 0 radical (unpaired) electrons. The van der Waals surface area contributed by atoms with E-state index < -0.39 is 5.41 Å². The van der Waals surface area contributed by atoms with Crippen LogP contribution < -0.4 is 4.74 Å². The highest BCUT2D eigenvalue weighted by Gasteiger charge is 2.12. The maximum Gasteiger partial charge on any atom is 0.174 e. The van der Waals surface area contributed by atoms with Gasteiger partial charge in [-0.2, -0.15) is 0 Å². The van der Waals surface area contributed by atoms with E-state index in [1.165, 1.54) is 0 Å². The van der Waals surface area contributed by atoms with E-state index in [1.807, 2.05) is 30.3 Å². The van der Waals surface area contributed by atoms with Gasteiger partial charge in [0.1, 0.15) is 5.75 Å². The third kappa shape index (κ3) is 3.20. The second-order valence-electron chi connectivity index (χ2n) is 2.86. The Labute approximate surface area is 69.2 Å². The standard InChI is InChI=1S/C8H12O2Si/c1-8(9,11)10-7-5-3-2-4-6-7/h2-6,9H,1,11H3. The van der Waals surface area contributed by atoms with Crippen LogP contribution in [0.4, 0.5) is 0 Å². The van der Waals surface area contributed by atoms with Gasteiger partial charge in [-0.1, -0.05) is 18.2 Å². The molecule has 1 unspecified atom stereocenters. The predicted molar refractivity (Wildman–Crippen MR) is 47.6 cm³/mol. The van der Waals surface area contributed by atoms with Crippen LogP contribution in [-0.2, 0) is 0 Å². The molecule has 0 aliphatic heterocycles. The van der Waals surface area contributed by atoms with E-state index in [1.54, 1.807) is 6.92 Å². The van der Waals surface area contributed by atoms with Crippen molar-refractivity contribution in [1.29, 1.82) is 0 Å². The van der Waals surface area contributed by atoms with E-state index >= 15 is 0 Å². The first-order valence-corrected chi connectivity index (χ1v) is 4.54. The summed E-state index contributed by atoms with van der Waals surface area (Å²) in [6.07, 6.45) is 0. The zero-order valence-corrected chi connectivity index (χ0v) is 8.74. The fourth-order valence-corrected chi connectivity index (χ4v) is 1.01. The third-order valence-electron chi connectivity index (χ3n) is 1.11. The predicted octanol–water partition coefficient (Wildman–Crippen LogP) is 0.0968. The van der Waals surface area contributed by atoms with Crippen molar-refractivity contribution in [2.45, 2.75) is 12.3 Å². The molecule has 0 heterocycles. The highest BCUT2D eigenvalue weighted by Crippen LogP contribution is 2.12. The summed E-state index contributed by atoms with van der Waals surface area (Å²) in [5, 5.41) is 9.31. The van der Waals surface area contributed by atoms with Crippen molar-refractivity contribution in [3.05, 3.63) is 30.3 Å². The van der Waals surface area contributed by atoms with Gasteiger partial charge in [0.2, 0.25) is 0 Å². The molecule has 0 aromatic heterocycles. The Morgan fingerprint density at radius 3 is 2.36 bits per heavy atom. The number of para-hydroxylation sites is 1. The van der Waals surface area contributed by atoms with Crippen molar-refractivity contribution in [2.24, 2.45) is 0 Å². The fraction of sp³-hybridized carbons (Fsp3) is 0.250. The first-order valence-electron chi connectivity index (χ1n) is 3.54. The molecule has 0 amide bonds. The second kappa shape index (κ2) is 3.07. The molecule has 1 rings (SSSR count). The van der Waals surface area contributed by atoms with Crippen LogP contribution in [0.15, 0.2) is 30.3 Å². The van der Waals surface area contributed by atoms with Crippen LogP contribution in [-0.4, -0.2) is 20.8 Å². The van der Waals surface area contributed by atoms with Gasteiger partial charge in [-0.15, -0.1) is 0 Å². The average Bonchev–Trinajstić information content (AvgIpc) is 1.85. The van der Waals surface area contributed by atoms with Crippen LogP contribution in [0.1, 0.15) is 6.92 Å². The normalized spacial score (nSPS) is 15.8. The lowest BCUT2D eigenvalue weighted by Crippen LogP contribution is -2.31. The summed E-state index contributed by atoms with van der Waals surface area (Å²) in [6.45, 7) is 1.66. The lowest BCUT2D eigenvalue weighted by Gasteiger charge is -2.19. The van der Waals surface area contributed by atoms with E-state index in [0.29, 0.717) is 16.0 Å². The highest BCUT2D eigenvalue weighted by molar-refractivity contribution is 6.13. The monoisotopic (exact) mass is 168 g/mol. The summed E-state index contributed by atoms with van der Waals surface area (Å²) in [5.41, 5.74) is -0.957. The van der Waals surface area contributed by atoms with E-state index in [4.69, 9.17) is 4.74 Å². The summed E-state index contributed by atoms with van der Waals surface area (Å²) < 4.78 is 5.22. The molecule has 1 atom stereocenters. The van der Waals surface area contributed by atoms with Crippen molar-refractivity contribution >= 4 is 10.2 Å². The minimum Gasteiger partial charge on any atom is -0.468 e. The molecule has 0 aliphatic rings. The first kappa shape index (κ1) is 8.29. The molecule has 2 nitrogen and oxygen atoms in total. The Balaban J connectivity index is 2.66. The molecule has 0 saturated carbocycles. The molecule has 0 fully saturated rings. The van der Waals surface area contributed by atoms with Gasteiger partial charge < -0.3 is 9.84 Å². The summed E-state index contributed by atoms with van der Waals surface area (Å²) in [5.74, 6) is 0.715. The fourth-order valence-electron chi connectivity index (χ4n) is 0.777. The third-order valence-corrected chi connectivity index (χ3v) is 1.31. The van der Waals surface area contributed by atoms with Gasteiger partial charge >= 0.3 is 0 Å². The summed E-state index contributed by atoms with van der Waals surface area (Å²) in [7, 11) is 0.596. The average molecular weight is 168 g/mol. The number of hydrogen-bond acceptors (Lipinski definition) is 2. The van der Waals surface area contributed by atoms with Gasteiger partial charge in [-0.3, -0.25) is 0 Å². The number of ether oxygens (including phenoxy) is 1. The van der Waals surface area contributed by atoms with Crippen LogP contribution in [0.5, 0.6) is 5.75 Å². The zero-order valence-electron chi connectivity index (χ0n) is 6.74. The van der Waals surface area contributed by atoms with Crippen molar-refractivity contribution in [1.82, 2.24) is 0 Å². The number of aliphatic hydroxyl groups is 1. The Kier molecular flexibility index (Phi) is 2.31.